The highest BCUT2D eigenvalue weighted by molar-refractivity contribution is 7.07. The van der Waals surface area contributed by atoms with E-state index in [0.717, 1.165) is 0 Å². The lowest BCUT2D eigenvalue weighted by atomic mass is 10.2. The summed E-state index contributed by atoms with van der Waals surface area (Å²) in [6.07, 6.45) is 7.00. The molecule has 2 radical (unpaired) electrons. The van der Waals surface area contributed by atoms with Gasteiger partial charge in [0.25, 0.3) is 0 Å². The molecule has 3 heterocycles. The van der Waals surface area contributed by atoms with Crippen LogP contribution < -0.4 is 0 Å². The molecule has 0 unspecified atom stereocenters. The predicted octanol–water partition coefficient (Wildman–Crippen LogP) is 27.6. The van der Waals surface area contributed by atoms with Gasteiger partial charge in [-0.2, -0.15) is 11.3 Å². The molecule has 434 valence electrons. The summed E-state index contributed by atoms with van der Waals surface area (Å²) in [5.74, 6) is 0. The van der Waals surface area contributed by atoms with Crippen LogP contribution in [0.4, 0.5) is 0 Å². The van der Waals surface area contributed by atoms with Gasteiger partial charge in [-0.1, -0.05) is 366 Å². The highest BCUT2D eigenvalue weighted by atomic mass is 32.1. The van der Waals surface area contributed by atoms with Crippen LogP contribution in [0, 0.1) is 13.8 Å². The third kappa shape index (κ3) is 318. The third-order valence-electron chi connectivity index (χ3n) is 3.44. The molecule has 0 atom stereocenters. The first-order chi connectivity index (χ1) is 35.3. The monoisotopic (exact) mass is 1020 g/mol. The molecular formula is C67H147BN2S. The zero-order valence-corrected chi connectivity index (χ0v) is 58.6. The van der Waals surface area contributed by atoms with Gasteiger partial charge in [0, 0.05) is 24.8 Å². The fourth-order valence-corrected chi connectivity index (χ4v) is 2.37. The van der Waals surface area contributed by atoms with Gasteiger partial charge in [0.1, 0.15) is 0 Å². The number of aromatic nitrogens is 2. The molecule has 0 saturated carbocycles. The van der Waals surface area contributed by atoms with Gasteiger partial charge in [-0.25, -0.2) is 0 Å². The van der Waals surface area contributed by atoms with E-state index in [1.54, 1.807) is 36.1 Å². The maximum atomic E-state index is 4.50. The molecular weight excluding hydrogens is 876 g/mol. The standard InChI is InChI=1S/2C7H8.2C5H5N.C4H4S.19C2H6.CH3B/c2*1-7-5-3-2-4-6-7;2*1-2-4-6-5-3-1;1-2-4-5-3-1;20*1-2/h2*2-6H,1H3;2*1-5H;1-4H;19*1-2H3;1H3. The molecule has 5 rings (SSSR count). The Bertz CT molecular complexity index is 799. The average molecular weight is 1020 g/mol. The van der Waals surface area contributed by atoms with Crippen LogP contribution in [0.3, 0.4) is 0 Å². The molecule has 0 aliphatic carbocycles. The molecule has 0 amide bonds. The second-order valence-electron chi connectivity index (χ2n) is 6.15. The van der Waals surface area contributed by atoms with E-state index in [1.165, 1.54) is 17.9 Å². The van der Waals surface area contributed by atoms with Crippen molar-refractivity contribution in [3.63, 3.8) is 0 Å². The quantitative estimate of drug-likeness (QED) is 0.145. The van der Waals surface area contributed by atoms with Gasteiger partial charge < -0.3 is 0 Å². The molecule has 0 saturated heterocycles. The average Bonchev–Trinajstić information content (AvgIpc) is 4.16. The van der Waals surface area contributed by atoms with Crippen LogP contribution in [0.15, 0.2) is 145 Å². The fourth-order valence-electron chi connectivity index (χ4n) is 1.92. The van der Waals surface area contributed by atoms with Crippen LogP contribution >= 0.6 is 11.3 Å². The van der Waals surface area contributed by atoms with Crippen molar-refractivity contribution in [3.05, 3.63) is 156 Å². The number of thiophene rings is 1. The zero-order chi connectivity index (χ0) is 62.2. The number of nitrogens with zero attached hydrogens (tertiary/aromatic N) is 2. The SMILES string of the molecule is CC.CC.CC.CC.CC.CC.CC.CC.CC.CC.CC.CC.CC.CC.CC.CC.CC.CC.CC.Cc1ccccc1.Cc1ccccc1.[B]C.c1ccncc1.c1ccncc1.c1ccsc1. The van der Waals surface area contributed by atoms with Crippen molar-refractivity contribution in [2.45, 2.75) is 284 Å². The first-order valence-corrected chi connectivity index (χ1v) is 30.5. The minimum Gasteiger partial charge on any atom is -0.265 e. The van der Waals surface area contributed by atoms with Crippen LogP contribution in [0.5, 0.6) is 0 Å². The maximum Gasteiger partial charge on any atom is 0.0606 e. The van der Waals surface area contributed by atoms with E-state index < -0.39 is 0 Å². The molecule has 4 heteroatoms. The van der Waals surface area contributed by atoms with Crippen LogP contribution in [-0.4, -0.2) is 17.8 Å². The minimum atomic E-state index is 1.32. The van der Waals surface area contributed by atoms with E-state index in [1.807, 2.05) is 359 Å². The van der Waals surface area contributed by atoms with E-state index in [0.29, 0.717) is 0 Å². The highest BCUT2D eigenvalue weighted by Gasteiger charge is 1.72. The third-order valence-corrected chi connectivity index (χ3v) is 4.07. The molecule has 0 fully saturated rings. The number of aryl methyl sites for hydroxylation is 2. The fraction of sp³-hybridized carbons (Fsp3) is 0.612. The van der Waals surface area contributed by atoms with Gasteiger partial charge in [-0.3, -0.25) is 9.97 Å². The number of pyridine rings is 2. The number of hydrogen-bond acceptors (Lipinski definition) is 3. The second kappa shape index (κ2) is 328. The minimum absolute atomic E-state index is 1.32. The highest BCUT2D eigenvalue weighted by Crippen LogP contribution is 1.93. The topological polar surface area (TPSA) is 25.8 Å². The molecule has 0 spiro atoms. The Morgan fingerprint density at radius 1 is 0.225 bits per heavy atom. The Balaban J connectivity index is -0.0000000218. The van der Waals surface area contributed by atoms with Crippen molar-refractivity contribution in [2.75, 3.05) is 0 Å². The zero-order valence-electron chi connectivity index (χ0n) is 57.7. The number of benzene rings is 2. The van der Waals surface area contributed by atoms with Gasteiger partial charge in [0.2, 0.25) is 0 Å². The summed E-state index contributed by atoms with van der Waals surface area (Å²) in [5.41, 5.74) is 2.64. The first-order valence-electron chi connectivity index (χ1n) is 29.6. The molecule has 0 bridgehead atoms. The van der Waals surface area contributed by atoms with Crippen LogP contribution in [0.25, 0.3) is 0 Å². The Morgan fingerprint density at radius 2 is 0.366 bits per heavy atom. The lowest BCUT2D eigenvalue weighted by Crippen LogP contribution is -1.62. The van der Waals surface area contributed by atoms with Gasteiger partial charge in [0.05, 0.1) is 7.85 Å². The number of rotatable bonds is 0. The van der Waals surface area contributed by atoms with Gasteiger partial charge >= 0.3 is 0 Å². The van der Waals surface area contributed by atoms with Crippen LogP contribution in [0.1, 0.15) is 274 Å². The summed E-state index contributed by atoms with van der Waals surface area (Å²) < 4.78 is 0. The molecule has 0 aliphatic rings. The predicted molar refractivity (Wildman–Crippen MR) is 362 cm³/mol. The maximum absolute atomic E-state index is 4.50. The molecule has 71 heavy (non-hydrogen) atoms. The lowest BCUT2D eigenvalue weighted by molar-refractivity contribution is 1.33. The van der Waals surface area contributed by atoms with Crippen molar-refractivity contribution in [3.8, 4) is 0 Å². The van der Waals surface area contributed by atoms with Crippen molar-refractivity contribution in [2.24, 2.45) is 0 Å². The summed E-state index contributed by atoms with van der Waals surface area (Å²) in [5, 5.41) is 4.08. The second-order valence-corrected chi connectivity index (χ2v) is 6.97. The largest absolute Gasteiger partial charge is 0.265 e. The molecule has 5 aromatic rings. The molecule has 2 nitrogen and oxygen atoms in total. The normalized spacial score (nSPS) is 5.31. The van der Waals surface area contributed by atoms with Crippen LogP contribution in [-0.2, 0) is 0 Å². The van der Waals surface area contributed by atoms with Crippen molar-refractivity contribution in [1.82, 2.24) is 9.97 Å². The molecule has 3 aromatic heterocycles. The van der Waals surface area contributed by atoms with E-state index in [4.69, 9.17) is 0 Å². The Kier molecular flexibility index (Phi) is 611. The summed E-state index contributed by atoms with van der Waals surface area (Å²) in [4.78, 5) is 7.57. The first kappa shape index (κ1) is 132. The van der Waals surface area contributed by atoms with Crippen LogP contribution in [0.2, 0.25) is 6.82 Å². The molecule has 0 N–H and O–H groups in total. The Hall–Kier alpha value is -3.50. The summed E-state index contributed by atoms with van der Waals surface area (Å²) >= 11 is 1.71. The van der Waals surface area contributed by atoms with E-state index in [-0.39, 0.29) is 0 Å². The Labute approximate surface area is 466 Å². The molecule has 2 aromatic carbocycles. The smallest absolute Gasteiger partial charge is 0.0606 e. The van der Waals surface area contributed by atoms with Gasteiger partial charge in [-0.05, 0) is 48.9 Å². The summed E-state index contributed by atoms with van der Waals surface area (Å²) in [6, 6.07) is 36.0. The van der Waals surface area contributed by atoms with E-state index in [9.17, 15) is 0 Å². The van der Waals surface area contributed by atoms with E-state index >= 15 is 0 Å². The summed E-state index contributed by atoms with van der Waals surface area (Å²) in [7, 11) is 4.50. The molecule has 0 aliphatic heterocycles. The lowest BCUT2D eigenvalue weighted by Gasteiger charge is -1.82. The van der Waals surface area contributed by atoms with Crippen molar-refractivity contribution >= 4 is 19.2 Å². The van der Waals surface area contributed by atoms with Crippen molar-refractivity contribution in [1.29, 1.82) is 0 Å². The van der Waals surface area contributed by atoms with E-state index in [2.05, 4.69) is 55.9 Å². The summed E-state index contributed by atoms with van der Waals surface area (Å²) in [6.45, 7) is 81.7. The van der Waals surface area contributed by atoms with Gasteiger partial charge in [-0.15, -0.1) is 0 Å². The van der Waals surface area contributed by atoms with Gasteiger partial charge in [0.15, 0.2) is 0 Å². The number of hydrogen-bond donors (Lipinski definition) is 0. The Morgan fingerprint density at radius 3 is 0.423 bits per heavy atom. The van der Waals surface area contributed by atoms with Crippen molar-refractivity contribution < 1.29 is 0 Å².